The van der Waals surface area contributed by atoms with Gasteiger partial charge in [0, 0.05) is 19.1 Å². The van der Waals surface area contributed by atoms with E-state index in [1.54, 1.807) is 4.31 Å². The van der Waals surface area contributed by atoms with E-state index in [2.05, 4.69) is 26.1 Å². The summed E-state index contributed by atoms with van der Waals surface area (Å²) in [5, 5.41) is 3.18. The largest absolute Gasteiger partial charge is 0.316 e. The zero-order valence-corrected chi connectivity index (χ0v) is 13.5. The molecule has 0 heterocycles. The van der Waals surface area contributed by atoms with Crippen molar-refractivity contribution in [1.82, 2.24) is 9.62 Å². The van der Waals surface area contributed by atoms with E-state index in [0.717, 1.165) is 25.8 Å². The van der Waals surface area contributed by atoms with Crippen LogP contribution in [0.3, 0.4) is 0 Å². The fourth-order valence-electron chi connectivity index (χ4n) is 2.66. The van der Waals surface area contributed by atoms with Gasteiger partial charge in [0.1, 0.15) is 0 Å². The summed E-state index contributed by atoms with van der Waals surface area (Å²) in [6.07, 6.45) is 5.45. The number of nitrogens with one attached hydrogen (secondary N) is 1. The Bertz CT molecular complexity index is 335. The van der Waals surface area contributed by atoms with Crippen LogP contribution in [0.2, 0.25) is 0 Å². The standard InChI is InChI=1S/C14H30N2O2S/c1-4-9-15-10-11-19(17,18)16(12-13(2)3)14-7-5-6-8-14/h13-15H,4-12H2,1-3H3. The summed E-state index contributed by atoms with van der Waals surface area (Å²) in [7, 11) is -3.11. The van der Waals surface area contributed by atoms with Gasteiger partial charge in [0.25, 0.3) is 0 Å². The first-order valence-electron chi connectivity index (χ1n) is 7.67. The van der Waals surface area contributed by atoms with E-state index in [-0.39, 0.29) is 11.8 Å². The van der Waals surface area contributed by atoms with Gasteiger partial charge in [0.15, 0.2) is 0 Å². The molecule has 0 aliphatic heterocycles. The van der Waals surface area contributed by atoms with Gasteiger partial charge in [0.05, 0.1) is 5.75 Å². The second-order valence-corrected chi connectivity index (χ2v) is 8.01. The lowest BCUT2D eigenvalue weighted by Crippen LogP contribution is -2.44. The quantitative estimate of drug-likeness (QED) is 0.662. The first-order chi connectivity index (χ1) is 8.97. The van der Waals surface area contributed by atoms with Gasteiger partial charge in [-0.2, -0.15) is 4.31 Å². The van der Waals surface area contributed by atoms with Gasteiger partial charge in [-0.25, -0.2) is 8.42 Å². The fourth-order valence-corrected chi connectivity index (χ4v) is 4.49. The Labute approximate surface area is 119 Å². The molecule has 0 aromatic rings. The molecule has 1 N–H and O–H groups in total. The highest BCUT2D eigenvalue weighted by Crippen LogP contribution is 2.26. The number of hydrogen-bond acceptors (Lipinski definition) is 3. The second kappa shape index (κ2) is 8.22. The van der Waals surface area contributed by atoms with E-state index in [1.807, 2.05) is 0 Å². The van der Waals surface area contributed by atoms with Gasteiger partial charge < -0.3 is 5.32 Å². The maximum atomic E-state index is 12.5. The maximum Gasteiger partial charge on any atom is 0.215 e. The normalized spacial score (nSPS) is 17.7. The van der Waals surface area contributed by atoms with Crippen LogP contribution in [0.4, 0.5) is 0 Å². The molecule has 4 nitrogen and oxygen atoms in total. The van der Waals surface area contributed by atoms with Crippen LogP contribution in [-0.2, 0) is 10.0 Å². The van der Waals surface area contributed by atoms with Crippen molar-refractivity contribution in [2.75, 3.05) is 25.4 Å². The molecule has 0 bridgehead atoms. The Kier molecular flexibility index (Phi) is 7.32. The first kappa shape index (κ1) is 16.9. The summed E-state index contributed by atoms with van der Waals surface area (Å²) in [5.41, 5.74) is 0. The van der Waals surface area contributed by atoms with E-state index in [9.17, 15) is 8.42 Å². The predicted octanol–water partition coefficient (Wildman–Crippen LogP) is 2.22. The Morgan fingerprint density at radius 3 is 2.37 bits per heavy atom. The molecule has 1 fully saturated rings. The van der Waals surface area contributed by atoms with Gasteiger partial charge in [-0.05, 0) is 31.7 Å². The van der Waals surface area contributed by atoms with Crippen molar-refractivity contribution in [3.63, 3.8) is 0 Å². The molecular formula is C14H30N2O2S. The number of sulfonamides is 1. The minimum absolute atomic E-state index is 0.232. The average Bonchev–Trinajstić information content (AvgIpc) is 2.85. The zero-order chi connectivity index (χ0) is 14.3. The van der Waals surface area contributed by atoms with E-state index in [0.29, 0.717) is 19.0 Å². The molecule has 0 unspecified atom stereocenters. The molecule has 0 spiro atoms. The van der Waals surface area contributed by atoms with E-state index in [1.165, 1.54) is 12.8 Å². The summed E-state index contributed by atoms with van der Waals surface area (Å²) in [6.45, 7) is 8.39. The zero-order valence-electron chi connectivity index (χ0n) is 12.7. The Morgan fingerprint density at radius 2 is 1.84 bits per heavy atom. The topological polar surface area (TPSA) is 49.4 Å². The monoisotopic (exact) mass is 290 g/mol. The number of rotatable bonds is 9. The van der Waals surface area contributed by atoms with Crippen molar-refractivity contribution in [1.29, 1.82) is 0 Å². The molecule has 114 valence electrons. The molecule has 1 aliphatic carbocycles. The van der Waals surface area contributed by atoms with Crippen molar-refractivity contribution in [3.8, 4) is 0 Å². The van der Waals surface area contributed by atoms with Crippen molar-refractivity contribution in [3.05, 3.63) is 0 Å². The summed E-state index contributed by atoms with van der Waals surface area (Å²) >= 11 is 0. The first-order valence-corrected chi connectivity index (χ1v) is 9.28. The average molecular weight is 290 g/mol. The van der Waals surface area contributed by atoms with Crippen LogP contribution >= 0.6 is 0 Å². The van der Waals surface area contributed by atoms with Crippen molar-refractivity contribution < 1.29 is 8.42 Å². The molecule has 0 radical (unpaired) electrons. The molecule has 1 aliphatic rings. The molecule has 5 heteroatoms. The van der Waals surface area contributed by atoms with Gasteiger partial charge in [-0.1, -0.05) is 33.6 Å². The third-order valence-corrected chi connectivity index (χ3v) is 5.48. The minimum Gasteiger partial charge on any atom is -0.316 e. The third kappa shape index (κ3) is 5.79. The lowest BCUT2D eigenvalue weighted by atomic mass is 10.2. The van der Waals surface area contributed by atoms with E-state index >= 15 is 0 Å². The number of nitrogens with zero attached hydrogens (tertiary/aromatic N) is 1. The van der Waals surface area contributed by atoms with Gasteiger partial charge in [-0.15, -0.1) is 0 Å². The van der Waals surface area contributed by atoms with Crippen LogP contribution in [0, 0.1) is 5.92 Å². The minimum atomic E-state index is -3.11. The lowest BCUT2D eigenvalue weighted by Gasteiger charge is -2.29. The predicted molar refractivity (Wildman–Crippen MR) is 80.7 cm³/mol. The summed E-state index contributed by atoms with van der Waals surface area (Å²) in [4.78, 5) is 0. The summed E-state index contributed by atoms with van der Waals surface area (Å²) in [5.74, 6) is 0.620. The second-order valence-electron chi connectivity index (χ2n) is 5.97. The molecule has 0 aromatic carbocycles. The van der Waals surface area contributed by atoms with Crippen LogP contribution in [0.15, 0.2) is 0 Å². The summed E-state index contributed by atoms with van der Waals surface area (Å²) in [6, 6.07) is 0.249. The lowest BCUT2D eigenvalue weighted by molar-refractivity contribution is 0.292. The smallest absolute Gasteiger partial charge is 0.215 e. The molecule has 19 heavy (non-hydrogen) atoms. The van der Waals surface area contributed by atoms with Crippen LogP contribution in [0.1, 0.15) is 52.9 Å². The molecule has 1 saturated carbocycles. The van der Waals surface area contributed by atoms with Crippen LogP contribution in [0.5, 0.6) is 0 Å². The van der Waals surface area contributed by atoms with Crippen molar-refractivity contribution in [2.24, 2.45) is 5.92 Å². The molecule has 0 aromatic heterocycles. The highest BCUT2D eigenvalue weighted by molar-refractivity contribution is 7.89. The molecule has 0 atom stereocenters. The van der Waals surface area contributed by atoms with E-state index in [4.69, 9.17) is 0 Å². The van der Waals surface area contributed by atoms with Gasteiger partial charge in [-0.3, -0.25) is 0 Å². The van der Waals surface area contributed by atoms with Crippen LogP contribution in [0.25, 0.3) is 0 Å². The fraction of sp³-hybridized carbons (Fsp3) is 1.00. The van der Waals surface area contributed by atoms with Crippen LogP contribution in [-0.4, -0.2) is 44.2 Å². The van der Waals surface area contributed by atoms with Crippen molar-refractivity contribution >= 4 is 10.0 Å². The Morgan fingerprint density at radius 1 is 1.21 bits per heavy atom. The Hall–Kier alpha value is -0.130. The third-order valence-electron chi connectivity index (χ3n) is 3.60. The van der Waals surface area contributed by atoms with Crippen molar-refractivity contribution in [2.45, 2.75) is 58.9 Å². The Balaban J connectivity index is 2.60. The summed E-state index contributed by atoms with van der Waals surface area (Å²) < 4.78 is 26.8. The molecule has 0 saturated heterocycles. The molecule has 0 amide bonds. The van der Waals surface area contributed by atoms with Gasteiger partial charge >= 0.3 is 0 Å². The van der Waals surface area contributed by atoms with Crippen LogP contribution < -0.4 is 5.32 Å². The maximum absolute atomic E-state index is 12.5. The highest BCUT2D eigenvalue weighted by Gasteiger charge is 2.31. The van der Waals surface area contributed by atoms with Gasteiger partial charge in [0.2, 0.25) is 10.0 Å². The SMILES string of the molecule is CCCNCCS(=O)(=O)N(CC(C)C)C1CCCC1. The number of hydrogen-bond donors (Lipinski definition) is 1. The molecular weight excluding hydrogens is 260 g/mol. The highest BCUT2D eigenvalue weighted by atomic mass is 32.2. The molecule has 1 rings (SSSR count). The van der Waals surface area contributed by atoms with E-state index < -0.39 is 10.0 Å².